The maximum atomic E-state index is 13.4. The zero-order valence-electron chi connectivity index (χ0n) is 17.9. The van der Waals surface area contributed by atoms with Gasteiger partial charge in [0.2, 0.25) is 11.8 Å². The minimum absolute atomic E-state index is 0.0145. The molecule has 1 amide bonds. The van der Waals surface area contributed by atoms with Gasteiger partial charge < -0.3 is 14.5 Å². The van der Waals surface area contributed by atoms with Crippen LogP contribution in [0.2, 0.25) is 5.02 Å². The van der Waals surface area contributed by atoms with Crippen molar-refractivity contribution in [3.05, 3.63) is 40.8 Å². The summed E-state index contributed by atoms with van der Waals surface area (Å²) in [5, 5.41) is 11.0. The Kier molecular flexibility index (Phi) is 5.96. The molecule has 1 aromatic heterocycles. The Morgan fingerprint density at radius 1 is 1.15 bits per heavy atom. The van der Waals surface area contributed by atoms with E-state index in [2.05, 4.69) is 20.3 Å². The molecule has 7 nitrogen and oxygen atoms in total. The third-order valence-electron chi connectivity index (χ3n) is 6.89. The molecule has 0 aliphatic heterocycles. The fraction of sp³-hybridized carbons (Fsp3) is 0.591. The monoisotopic (exact) mass is 503 g/mol. The second kappa shape index (κ2) is 8.67. The molecule has 1 spiro atoms. The number of hydrogen-bond donors (Lipinski definition) is 1. The molecule has 5 rings (SSSR count). The van der Waals surface area contributed by atoms with Crippen LogP contribution in [0.4, 0.5) is 17.6 Å². The standard InChI is InChI=1S/C22H22ClF4N3O4/c23-16-2-1-14(5-17(16)24)32-10-18(31)28-13-8-21(9-13)6-12(7-21)20-30-29-19(33-20)11-3-15(4-11)34-22(25,26)27/h1-2,5,11-13,15H,3-4,6-10H2,(H,28,31)/t11-,12?,13?,15-,21?. The molecule has 3 saturated carbocycles. The van der Waals surface area contributed by atoms with Crippen LogP contribution in [0.1, 0.15) is 62.1 Å². The van der Waals surface area contributed by atoms with Crippen LogP contribution in [-0.2, 0) is 9.53 Å². The van der Waals surface area contributed by atoms with E-state index < -0.39 is 18.3 Å². The van der Waals surface area contributed by atoms with E-state index in [-0.39, 0.29) is 59.4 Å². The van der Waals surface area contributed by atoms with Gasteiger partial charge in [0.25, 0.3) is 5.91 Å². The maximum Gasteiger partial charge on any atom is 0.522 e. The third-order valence-corrected chi connectivity index (χ3v) is 7.20. The summed E-state index contributed by atoms with van der Waals surface area (Å²) in [6, 6.07) is 4.04. The molecule has 3 aliphatic carbocycles. The van der Waals surface area contributed by atoms with Crippen LogP contribution in [-0.4, -0.2) is 41.2 Å². The smallest absolute Gasteiger partial charge is 0.484 e. The molecular weight excluding hydrogens is 482 g/mol. The van der Waals surface area contributed by atoms with Gasteiger partial charge in [0, 0.05) is 23.9 Å². The zero-order valence-corrected chi connectivity index (χ0v) is 18.7. The Morgan fingerprint density at radius 3 is 2.47 bits per heavy atom. The average molecular weight is 504 g/mol. The highest BCUT2D eigenvalue weighted by Crippen LogP contribution is 2.61. The van der Waals surface area contributed by atoms with E-state index in [0.29, 0.717) is 11.8 Å². The van der Waals surface area contributed by atoms with Crippen LogP contribution < -0.4 is 10.1 Å². The van der Waals surface area contributed by atoms with Crippen molar-refractivity contribution in [3.8, 4) is 5.75 Å². The van der Waals surface area contributed by atoms with Crippen molar-refractivity contribution in [1.29, 1.82) is 0 Å². The lowest BCUT2D eigenvalue weighted by atomic mass is 9.50. The molecule has 0 unspecified atom stereocenters. The fourth-order valence-electron chi connectivity index (χ4n) is 5.20. The Bertz CT molecular complexity index is 1060. The molecule has 0 atom stereocenters. The fourth-order valence-corrected chi connectivity index (χ4v) is 5.31. The van der Waals surface area contributed by atoms with Crippen molar-refractivity contribution >= 4 is 17.5 Å². The molecule has 3 aliphatic rings. The molecule has 0 radical (unpaired) electrons. The van der Waals surface area contributed by atoms with E-state index in [4.69, 9.17) is 20.8 Å². The molecule has 2 aromatic rings. The number of aromatic nitrogens is 2. The van der Waals surface area contributed by atoms with Gasteiger partial charge in [-0.25, -0.2) is 4.39 Å². The van der Waals surface area contributed by atoms with Crippen LogP contribution >= 0.6 is 11.6 Å². The van der Waals surface area contributed by atoms with Gasteiger partial charge in [0.1, 0.15) is 11.6 Å². The van der Waals surface area contributed by atoms with Crippen molar-refractivity contribution in [1.82, 2.24) is 15.5 Å². The SMILES string of the molecule is O=C(COc1ccc(Cl)c(F)c1)NC1CC2(C1)CC(c1nnc([C@H]3C[C@H](OC(F)(F)F)C3)o1)C2. The first-order valence-electron chi connectivity index (χ1n) is 11.0. The summed E-state index contributed by atoms with van der Waals surface area (Å²) >= 11 is 5.62. The van der Waals surface area contributed by atoms with Gasteiger partial charge in [-0.1, -0.05) is 11.6 Å². The lowest BCUT2D eigenvalue weighted by Gasteiger charge is -2.57. The van der Waals surface area contributed by atoms with E-state index in [1.807, 2.05) is 0 Å². The first-order valence-corrected chi connectivity index (χ1v) is 11.4. The Balaban J connectivity index is 1.01. The van der Waals surface area contributed by atoms with E-state index in [1.165, 1.54) is 12.1 Å². The predicted octanol–water partition coefficient (Wildman–Crippen LogP) is 4.87. The summed E-state index contributed by atoms with van der Waals surface area (Å²) in [7, 11) is 0. The van der Waals surface area contributed by atoms with Crippen molar-refractivity contribution in [3.63, 3.8) is 0 Å². The molecular formula is C22H22ClF4N3O4. The summed E-state index contributed by atoms with van der Waals surface area (Å²) in [6.45, 7) is -0.214. The summed E-state index contributed by atoms with van der Waals surface area (Å²) in [5.74, 6) is 0.171. The van der Waals surface area contributed by atoms with Crippen molar-refractivity contribution in [2.45, 2.75) is 68.9 Å². The number of hydrogen-bond acceptors (Lipinski definition) is 6. The molecule has 1 aromatic carbocycles. The van der Waals surface area contributed by atoms with Crippen LogP contribution in [0.5, 0.6) is 5.75 Å². The normalized spacial score (nSPS) is 30.3. The number of carbonyl (C=O) groups excluding carboxylic acids is 1. The van der Waals surface area contributed by atoms with Crippen LogP contribution in [0.15, 0.2) is 22.6 Å². The highest BCUT2D eigenvalue weighted by molar-refractivity contribution is 6.30. The number of halogens is 5. The summed E-state index contributed by atoms with van der Waals surface area (Å²) < 4.78 is 65.2. The number of carbonyl (C=O) groups is 1. The second-order valence-corrected chi connectivity index (χ2v) is 9.88. The average Bonchev–Trinajstić information content (AvgIpc) is 3.14. The predicted molar refractivity (Wildman–Crippen MR) is 110 cm³/mol. The second-order valence-electron chi connectivity index (χ2n) is 9.47. The lowest BCUT2D eigenvalue weighted by Crippen LogP contribution is -2.56. The van der Waals surface area contributed by atoms with Crippen LogP contribution in [0, 0.1) is 11.2 Å². The molecule has 1 heterocycles. The molecule has 1 N–H and O–H groups in total. The van der Waals surface area contributed by atoms with E-state index in [9.17, 15) is 22.4 Å². The van der Waals surface area contributed by atoms with Gasteiger partial charge in [0.05, 0.1) is 11.1 Å². The quantitative estimate of drug-likeness (QED) is 0.543. The van der Waals surface area contributed by atoms with E-state index in [0.717, 1.165) is 31.7 Å². The maximum absolute atomic E-state index is 13.4. The topological polar surface area (TPSA) is 86.5 Å². The number of benzene rings is 1. The van der Waals surface area contributed by atoms with Crippen LogP contribution in [0.3, 0.4) is 0 Å². The van der Waals surface area contributed by atoms with Crippen molar-refractivity contribution in [2.75, 3.05) is 6.61 Å². The summed E-state index contributed by atoms with van der Waals surface area (Å²) in [4.78, 5) is 12.1. The molecule has 184 valence electrons. The minimum atomic E-state index is -4.63. The number of amides is 1. The van der Waals surface area contributed by atoms with Crippen molar-refractivity contribution < 1.29 is 36.2 Å². The first-order chi connectivity index (χ1) is 16.1. The largest absolute Gasteiger partial charge is 0.522 e. The van der Waals surface area contributed by atoms with E-state index in [1.54, 1.807) is 0 Å². The van der Waals surface area contributed by atoms with Gasteiger partial charge in [0.15, 0.2) is 6.61 Å². The third kappa shape index (κ3) is 5.00. The van der Waals surface area contributed by atoms with Gasteiger partial charge in [-0.3, -0.25) is 9.53 Å². The Labute approximate surface area is 197 Å². The number of nitrogens with zero attached hydrogens (tertiary/aromatic N) is 2. The Morgan fingerprint density at radius 2 is 1.82 bits per heavy atom. The van der Waals surface area contributed by atoms with Crippen LogP contribution in [0.25, 0.3) is 0 Å². The van der Waals surface area contributed by atoms with Gasteiger partial charge in [-0.2, -0.15) is 0 Å². The molecule has 3 fully saturated rings. The lowest BCUT2D eigenvalue weighted by molar-refractivity contribution is -0.352. The minimum Gasteiger partial charge on any atom is -0.484 e. The van der Waals surface area contributed by atoms with E-state index >= 15 is 0 Å². The van der Waals surface area contributed by atoms with Gasteiger partial charge in [-0.05, 0) is 56.1 Å². The molecule has 12 heteroatoms. The number of rotatable bonds is 7. The van der Waals surface area contributed by atoms with Crippen molar-refractivity contribution in [2.24, 2.45) is 5.41 Å². The summed E-state index contributed by atoms with van der Waals surface area (Å²) in [6.07, 6.45) is -1.64. The van der Waals surface area contributed by atoms with Gasteiger partial charge in [-0.15, -0.1) is 23.4 Å². The Hall–Kier alpha value is -2.40. The summed E-state index contributed by atoms with van der Waals surface area (Å²) in [5.41, 5.74) is 0.138. The highest BCUT2D eigenvalue weighted by atomic mass is 35.5. The highest BCUT2D eigenvalue weighted by Gasteiger charge is 2.55. The number of alkyl halides is 3. The first kappa shape index (κ1) is 23.3. The molecule has 0 saturated heterocycles. The zero-order chi connectivity index (χ0) is 24.1. The van der Waals surface area contributed by atoms with Gasteiger partial charge >= 0.3 is 6.36 Å². The number of ether oxygens (including phenoxy) is 2. The number of nitrogens with one attached hydrogen (secondary N) is 1. The molecule has 0 bridgehead atoms. The molecule has 34 heavy (non-hydrogen) atoms.